The van der Waals surface area contributed by atoms with Gasteiger partial charge in [-0.2, -0.15) is 39.5 Å². The lowest BCUT2D eigenvalue weighted by Crippen LogP contribution is -2.63. The smallest absolute Gasteiger partial charge is 0.320 e. The van der Waals surface area contributed by atoms with Gasteiger partial charge in [0.2, 0.25) is 0 Å². The van der Waals surface area contributed by atoms with Crippen LogP contribution in [-0.2, 0) is 16.0 Å². The second-order valence-corrected chi connectivity index (χ2v) is 5.40. The molecule has 1 N–H and O–H groups in total. The summed E-state index contributed by atoms with van der Waals surface area (Å²) in [6.45, 7) is 1.52. The first-order valence-corrected chi connectivity index (χ1v) is 6.95. The number of carbonyl (C=O) groups excluding carboxylic acids is 1. The van der Waals surface area contributed by atoms with E-state index in [0.29, 0.717) is 0 Å². The molecule has 0 aromatic heterocycles. The number of amides is 1. The van der Waals surface area contributed by atoms with Gasteiger partial charge in [-0.05, 0) is 18.1 Å². The third-order valence-corrected chi connectivity index (χ3v) is 3.77. The van der Waals surface area contributed by atoms with E-state index in [1.807, 2.05) is 0 Å². The number of rotatable bonds is 4. The fraction of sp³-hybridized carbons (Fsp3) is 0.500. The average Bonchev–Trinajstić information content (AvgIpc) is 2.63. The van der Waals surface area contributed by atoms with E-state index in [1.165, 1.54) is 30.4 Å². The van der Waals surface area contributed by atoms with E-state index < -0.39 is 35.6 Å². The zero-order valence-electron chi connectivity index (χ0n) is 12.7. The Morgan fingerprint density at radius 1 is 1.04 bits per heavy atom. The SMILES string of the molecule is CCc1ccccc1NC(=O)C(F)(F)[C@@]1(F)OC(F)(F)C(F)(F)C1(F)F. The maximum absolute atomic E-state index is 14.1. The van der Waals surface area contributed by atoms with Crippen molar-refractivity contribution in [1.29, 1.82) is 0 Å². The molecule has 2 rings (SSSR count). The topological polar surface area (TPSA) is 38.3 Å². The van der Waals surface area contributed by atoms with Crippen molar-refractivity contribution in [3.05, 3.63) is 29.8 Å². The normalized spacial score (nSPS) is 26.5. The number of anilines is 1. The van der Waals surface area contributed by atoms with Gasteiger partial charge >= 0.3 is 35.6 Å². The number of benzene rings is 1. The molecular weight excluding hydrogens is 385 g/mol. The number of nitrogens with one attached hydrogen (secondary N) is 1. The van der Waals surface area contributed by atoms with E-state index in [4.69, 9.17) is 0 Å². The van der Waals surface area contributed by atoms with Crippen LogP contribution in [0.4, 0.5) is 45.2 Å². The summed E-state index contributed by atoms with van der Waals surface area (Å²) in [7, 11) is 0. The van der Waals surface area contributed by atoms with E-state index in [1.54, 1.807) is 0 Å². The Balaban J connectivity index is 2.44. The van der Waals surface area contributed by atoms with Crippen molar-refractivity contribution >= 4 is 11.6 Å². The van der Waals surface area contributed by atoms with Gasteiger partial charge in [0.1, 0.15) is 0 Å². The Labute approximate surface area is 140 Å². The van der Waals surface area contributed by atoms with Gasteiger partial charge < -0.3 is 5.32 Å². The van der Waals surface area contributed by atoms with Gasteiger partial charge in [-0.3, -0.25) is 9.53 Å². The predicted octanol–water partition coefficient (Wildman–Crippen LogP) is 4.38. The minimum absolute atomic E-state index is 0.158. The maximum atomic E-state index is 14.1. The summed E-state index contributed by atoms with van der Waals surface area (Å²) < 4.78 is 123. The van der Waals surface area contributed by atoms with Crippen LogP contribution in [0, 0.1) is 0 Å². The second kappa shape index (κ2) is 5.76. The summed E-state index contributed by atoms with van der Waals surface area (Å²) in [6, 6.07) is 5.04. The highest BCUT2D eigenvalue weighted by atomic mass is 19.4. The molecule has 12 heteroatoms. The summed E-state index contributed by atoms with van der Waals surface area (Å²) in [4.78, 5) is 11.6. The van der Waals surface area contributed by atoms with Crippen LogP contribution in [0.25, 0.3) is 0 Å². The standard InChI is InChI=1S/C14H10F9NO2/c1-2-7-5-3-4-6-8(7)24-9(25)10(15,16)13(21)11(17,18)12(19,20)14(22,23)26-13/h3-6H,2H2,1H3,(H,24,25)/t13-/m1/s1. The van der Waals surface area contributed by atoms with Crippen LogP contribution in [0.5, 0.6) is 0 Å². The molecule has 1 aromatic carbocycles. The van der Waals surface area contributed by atoms with Crippen molar-refractivity contribution in [3.8, 4) is 0 Å². The van der Waals surface area contributed by atoms with Crippen molar-refractivity contribution in [2.75, 3.05) is 5.32 Å². The molecule has 3 nitrogen and oxygen atoms in total. The molecule has 0 unspecified atom stereocenters. The maximum Gasteiger partial charge on any atom is 0.428 e. The molecule has 0 radical (unpaired) electrons. The van der Waals surface area contributed by atoms with E-state index in [9.17, 15) is 44.3 Å². The van der Waals surface area contributed by atoms with Crippen LogP contribution in [-0.4, -0.2) is 35.6 Å². The lowest BCUT2D eigenvalue weighted by atomic mass is 9.99. The highest BCUT2D eigenvalue weighted by Crippen LogP contribution is 2.64. The molecule has 1 fully saturated rings. The third kappa shape index (κ3) is 2.45. The van der Waals surface area contributed by atoms with Crippen molar-refractivity contribution < 1.29 is 49.0 Å². The van der Waals surface area contributed by atoms with E-state index in [-0.39, 0.29) is 17.7 Å². The van der Waals surface area contributed by atoms with Gasteiger partial charge in [0, 0.05) is 5.69 Å². The molecule has 1 saturated heterocycles. The average molecular weight is 395 g/mol. The summed E-state index contributed by atoms with van der Waals surface area (Å²) in [5.41, 5.74) is -0.164. The molecule has 26 heavy (non-hydrogen) atoms. The van der Waals surface area contributed by atoms with Crippen molar-refractivity contribution in [2.45, 2.75) is 43.1 Å². The van der Waals surface area contributed by atoms with Crippen LogP contribution >= 0.6 is 0 Å². The molecule has 1 atom stereocenters. The molecule has 1 aliphatic rings. The number of aryl methyl sites for hydroxylation is 1. The minimum Gasteiger partial charge on any atom is -0.320 e. The van der Waals surface area contributed by atoms with E-state index in [2.05, 4.69) is 4.74 Å². The summed E-state index contributed by atoms with van der Waals surface area (Å²) >= 11 is 0. The Morgan fingerprint density at radius 2 is 1.58 bits per heavy atom. The number of para-hydroxylation sites is 1. The number of alkyl halides is 9. The Bertz CT molecular complexity index is 722. The molecule has 0 aliphatic carbocycles. The van der Waals surface area contributed by atoms with Crippen LogP contribution in [0.2, 0.25) is 0 Å². The van der Waals surface area contributed by atoms with Crippen LogP contribution in [0.3, 0.4) is 0 Å². The fourth-order valence-electron chi connectivity index (χ4n) is 2.25. The molecule has 1 amide bonds. The van der Waals surface area contributed by atoms with Crippen LogP contribution < -0.4 is 5.32 Å². The monoisotopic (exact) mass is 395 g/mol. The first-order chi connectivity index (χ1) is 11.7. The molecular formula is C14H10F9NO2. The molecule has 146 valence electrons. The number of hydrogen-bond donors (Lipinski definition) is 1. The third-order valence-electron chi connectivity index (χ3n) is 3.77. The molecule has 1 aromatic rings. The van der Waals surface area contributed by atoms with Gasteiger partial charge in [-0.15, -0.1) is 0 Å². The molecule has 0 spiro atoms. The van der Waals surface area contributed by atoms with Gasteiger partial charge in [0.15, 0.2) is 0 Å². The zero-order valence-corrected chi connectivity index (χ0v) is 12.7. The Hall–Kier alpha value is -1.98. The Morgan fingerprint density at radius 3 is 2.04 bits per heavy atom. The molecule has 1 heterocycles. The van der Waals surface area contributed by atoms with E-state index >= 15 is 0 Å². The van der Waals surface area contributed by atoms with Gasteiger partial charge in [-0.25, -0.2) is 0 Å². The van der Waals surface area contributed by atoms with Crippen molar-refractivity contribution in [3.63, 3.8) is 0 Å². The van der Waals surface area contributed by atoms with Crippen LogP contribution in [0.15, 0.2) is 24.3 Å². The number of halogens is 9. The molecule has 1 aliphatic heterocycles. The zero-order chi connectivity index (χ0) is 20.2. The van der Waals surface area contributed by atoms with Crippen molar-refractivity contribution in [2.24, 2.45) is 0 Å². The van der Waals surface area contributed by atoms with Gasteiger partial charge in [0.25, 0.3) is 0 Å². The minimum atomic E-state index is -6.70. The lowest BCUT2D eigenvalue weighted by molar-refractivity contribution is -0.366. The fourth-order valence-corrected chi connectivity index (χ4v) is 2.25. The first kappa shape index (κ1) is 20.3. The van der Waals surface area contributed by atoms with Crippen LogP contribution in [0.1, 0.15) is 12.5 Å². The number of carbonyl (C=O) groups is 1. The largest absolute Gasteiger partial charge is 0.428 e. The highest BCUT2D eigenvalue weighted by molar-refractivity contribution is 5.97. The van der Waals surface area contributed by atoms with Gasteiger partial charge in [-0.1, -0.05) is 25.1 Å². The Kier molecular flexibility index (Phi) is 4.50. The molecule has 0 saturated carbocycles. The number of hydrogen-bond acceptors (Lipinski definition) is 2. The second-order valence-electron chi connectivity index (χ2n) is 5.40. The van der Waals surface area contributed by atoms with Gasteiger partial charge in [0.05, 0.1) is 0 Å². The summed E-state index contributed by atoms with van der Waals surface area (Å²) in [5.74, 6) is -28.5. The van der Waals surface area contributed by atoms with E-state index in [0.717, 1.165) is 6.07 Å². The summed E-state index contributed by atoms with van der Waals surface area (Å²) in [6.07, 6.45) is -6.11. The number of ether oxygens (including phenoxy) is 1. The summed E-state index contributed by atoms with van der Waals surface area (Å²) in [5, 5.41) is 1.36. The quantitative estimate of drug-likeness (QED) is 0.769. The molecule has 0 bridgehead atoms. The predicted molar refractivity (Wildman–Crippen MR) is 69.2 cm³/mol. The van der Waals surface area contributed by atoms with Crippen molar-refractivity contribution in [1.82, 2.24) is 0 Å². The highest BCUT2D eigenvalue weighted by Gasteiger charge is 2.96. The lowest BCUT2D eigenvalue weighted by Gasteiger charge is -2.31. The first-order valence-electron chi connectivity index (χ1n) is 6.95.